The fraction of sp³-hybridized carbons (Fsp3) is 0.231. The van der Waals surface area contributed by atoms with E-state index in [1.54, 1.807) is 23.6 Å². The van der Waals surface area contributed by atoms with Crippen molar-refractivity contribution in [2.75, 3.05) is 5.73 Å². The van der Waals surface area contributed by atoms with Crippen LogP contribution in [0.5, 0.6) is 0 Å². The molecule has 0 saturated carbocycles. The number of nitrogens with zero attached hydrogens (tertiary/aromatic N) is 1. The monoisotopic (exact) mass is 279 g/mol. The van der Waals surface area contributed by atoms with Gasteiger partial charge in [0.1, 0.15) is 5.82 Å². The van der Waals surface area contributed by atoms with Crippen LogP contribution in [0.25, 0.3) is 0 Å². The van der Waals surface area contributed by atoms with Crippen molar-refractivity contribution in [1.82, 2.24) is 10.3 Å². The molecule has 6 heteroatoms. The predicted molar refractivity (Wildman–Crippen MR) is 73.1 cm³/mol. The summed E-state index contributed by atoms with van der Waals surface area (Å²) in [6, 6.07) is 6.47. The molecule has 0 aliphatic heterocycles. The molecule has 4 nitrogen and oxygen atoms in total. The Hall–Kier alpha value is -1.95. The lowest BCUT2D eigenvalue weighted by Crippen LogP contribution is -2.23. The van der Waals surface area contributed by atoms with Crippen molar-refractivity contribution in [2.24, 2.45) is 0 Å². The van der Waals surface area contributed by atoms with E-state index in [1.807, 2.05) is 0 Å². The van der Waals surface area contributed by atoms with E-state index in [0.29, 0.717) is 23.7 Å². The summed E-state index contributed by atoms with van der Waals surface area (Å²) < 4.78 is 13.3. The van der Waals surface area contributed by atoms with Crippen LogP contribution < -0.4 is 11.1 Å². The summed E-state index contributed by atoms with van der Waals surface area (Å²) in [5.74, 6) is -0.405. The largest absolute Gasteiger partial charge is 0.375 e. The molecular weight excluding hydrogens is 265 g/mol. The zero-order valence-corrected chi connectivity index (χ0v) is 11.0. The number of nitrogen functional groups attached to an aromatic ring is 1. The number of carbonyl (C=O) groups is 1. The first-order valence-corrected chi connectivity index (χ1v) is 6.73. The fourth-order valence-corrected chi connectivity index (χ4v) is 2.19. The van der Waals surface area contributed by atoms with Crippen molar-refractivity contribution in [3.63, 3.8) is 0 Å². The first-order valence-electron chi connectivity index (χ1n) is 5.85. The lowest BCUT2D eigenvalue weighted by Gasteiger charge is -2.04. The van der Waals surface area contributed by atoms with Crippen LogP contribution in [-0.4, -0.2) is 10.9 Å². The quantitative estimate of drug-likeness (QED) is 0.881. The summed E-state index contributed by atoms with van der Waals surface area (Å²) >= 11 is 1.33. The van der Waals surface area contributed by atoms with Crippen LogP contribution in [0.3, 0.4) is 0 Å². The number of anilines is 1. The molecule has 0 aliphatic rings. The van der Waals surface area contributed by atoms with Gasteiger partial charge in [0.25, 0.3) is 0 Å². The molecule has 1 aromatic heterocycles. The number of hydrogen-bond donors (Lipinski definition) is 2. The Bertz CT molecular complexity index is 571. The van der Waals surface area contributed by atoms with Gasteiger partial charge in [-0.15, -0.1) is 11.3 Å². The average molecular weight is 279 g/mol. The summed E-state index contributed by atoms with van der Waals surface area (Å²) in [6.45, 7) is 0.351. The van der Waals surface area contributed by atoms with E-state index in [-0.39, 0.29) is 18.1 Å². The third kappa shape index (κ3) is 4.03. The molecule has 2 aromatic rings. The number of carbonyl (C=O) groups excluding carboxylic acids is 1. The first-order chi connectivity index (χ1) is 9.15. The van der Waals surface area contributed by atoms with Gasteiger partial charge in [0.2, 0.25) is 5.91 Å². The van der Waals surface area contributed by atoms with Crippen molar-refractivity contribution >= 4 is 22.4 Å². The fourth-order valence-electron chi connectivity index (χ4n) is 1.63. The second-order valence-corrected chi connectivity index (χ2v) is 4.93. The highest BCUT2D eigenvalue weighted by Crippen LogP contribution is 2.11. The highest BCUT2D eigenvalue weighted by Gasteiger charge is 2.06. The van der Waals surface area contributed by atoms with Gasteiger partial charge < -0.3 is 11.1 Å². The van der Waals surface area contributed by atoms with Gasteiger partial charge in [0, 0.05) is 11.8 Å². The number of aryl methyl sites for hydroxylation is 1. The van der Waals surface area contributed by atoms with Crippen molar-refractivity contribution in [3.05, 3.63) is 46.7 Å². The molecule has 0 unspecified atom stereocenters. The van der Waals surface area contributed by atoms with Crippen molar-refractivity contribution in [1.29, 1.82) is 0 Å². The standard InChI is InChI=1S/C13H14FN3OS/c14-11-4-2-1-3-9(11)5-6-12(18)16-7-10-8-19-13(15)17-10/h1-4,8H,5-7H2,(H2,15,17)(H,16,18). The second-order valence-electron chi connectivity index (χ2n) is 4.05. The molecule has 1 aromatic carbocycles. The molecule has 0 atom stereocenters. The van der Waals surface area contributed by atoms with Crippen LogP contribution in [0.1, 0.15) is 17.7 Å². The number of hydrogen-bond acceptors (Lipinski definition) is 4. The minimum absolute atomic E-state index is 0.130. The number of aromatic nitrogens is 1. The number of nitrogens with two attached hydrogens (primary N) is 1. The molecule has 0 radical (unpaired) electrons. The van der Waals surface area contributed by atoms with Crippen molar-refractivity contribution < 1.29 is 9.18 Å². The Morgan fingerprint density at radius 3 is 2.89 bits per heavy atom. The average Bonchev–Trinajstić information content (AvgIpc) is 2.81. The maximum Gasteiger partial charge on any atom is 0.220 e. The Labute approximate surface area is 114 Å². The van der Waals surface area contributed by atoms with Gasteiger partial charge in [0.15, 0.2) is 5.13 Å². The van der Waals surface area contributed by atoms with E-state index < -0.39 is 0 Å². The molecule has 2 rings (SSSR count). The minimum Gasteiger partial charge on any atom is -0.375 e. The van der Waals surface area contributed by atoms with Gasteiger partial charge in [-0.1, -0.05) is 18.2 Å². The number of rotatable bonds is 5. The molecule has 3 N–H and O–H groups in total. The van der Waals surface area contributed by atoms with Crippen LogP contribution >= 0.6 is 11.3 Å². The molecule has 0 fully saturated rings. The number of benzene rings is 1. The van der Waals surface area contributed by atoms with E-state index in [1.165, 1.54) is 17.4 Å². The minimum atomic E-state index is -0.275. The van der Waals surface area contributed by atoms with E-state index in [0.717, 1.165) is 5.69 Å². The summed E-state index contributed by atoms with van der Waals surface area (Å²) in [5, 5.41) is 5.01. The molecule has 0 spiro atoms. The second kappa shape index (κ2) is 6.29. The molecule has 1 amide bonds. The highest BCUT2D eigenvalue weighted by atomic mass is 32.1. The Morgan fingerprint density at radius 1 is 1.42 bits per heavy atom. The van der Waals surface area contributed by atoms with E-state index in [4.69, 9.17) is 5.73 Å². The van der Waals surface area contributed by atoms with Crippen LogP contribution in [0, 0.1) is 5.82 Å². The molecule has 0 aliphatic carbocycles. The van der Waals surface area contributed by atoms with Gasteiger partial charge in [-0.05, 0) is 18.1 Å². The van der Waals surface area contributed by atoms with Gasteiger partial charge in [-0.3, -0.25) is 4.79 Å². The van der Waals surface area contributed by atoms with E-state index in [9.17, 15) is 9.18 Å². The third-order valence-electron chi connectivity index (χ3n) is 2.62. The Balaban J connectivity index is 1.77. The number of halogens is 1. The first kappa shape index (κ1) is 13.5. The zero-order valence-electron chi connectivity index (χ0n) is 10.2. The molecule has 1 heterocycles. The topological polar surface area (TPSA) is 68.0 Å². The highest BCUT2D eigenvalue weighted by molar-refractivity contribution is 7.13. The summed E-state index contributed by atoms with van der Waals surface area (Å²) in [6.07, 6.45) is 0.637. The number of nitrogens with one attached hydrogen (secondary N) is 1. The predicted octanol–water partition coefficient (Wildman–Crippen LogP) is 2.11. The third-order valence-corrected chi connectivity index (χ3v) is 3.34. The molecule has 100 valence electrons. The summed E-state index contributed by atoms with van der Waals surface area (Å²) in [5.41, 5.74) is 6.78. The van der Waals surface area contributed by atoms with Crippen molar-refractivity contribution in [3.8, 4) is 0 Å². The maximum absolute atomic E-state index is 13.3. The maximum atomic E-state index is 13.3. The molecular formula is C13H14FN3OS. The lowest BCUT2D eigenvalue weighted by molar-refractivity contribution is -0.121. The Kier molecular flexibility index (Phi) is 4.46. The van der Waals surface area contributed by atoms with Crippen LogP contribution in [0.15, 0.2) is 29.6 Å². The normalized spacial score (nSPS) is 10.4. The van der Waals surface area contributed by atoms with Crippen molar-refractivity contribution in [2.45, 2.75) is 19.4 Å². The summed E-state index contributed by atoms with van der Waals surface area (Å²) in [7, 11) is 0. The van der Waals surface area contributed by atoms with E-state index >= 15 is 0 Å². The number of amides is 1. The molecule has 19 heavy (non-hydrogen) atoms. The molecule has 0 saturated heterocycles. The van der Waals surface area contributed by atoms with Gasteiger partial charge >= 0.3 is 0 Å². The van der Waals surface area contributed by atoms with Gasteiger partial charge in [0.05, 0.1) is 12.2 Å². The van der Waals surface area contributed by atoms with Gasteiger partial charge in [-0.2, -0.15) is 0 Å². The smallest absolute Gasteiger partial charge is 0.220 e. The zero-order chi connectivity index (χ0) is 13.7. The van der Waals surface area contributed by atoms with Gasteiger partial charge in [-0.25, -0.2) is 9.37 Å². The lowest BCUT2D eigenvalue weighted by atomic mass is 10.1. The summed E-state index contributed by atoms with van der Waals surface area (Å²) in [4.78, 5) is 15.7. The SMILES string of the molecule is Nc1nc(CNC(=O)CCc2ccccc2F)cs1. The molecule has 0 bridgehead atoms. The van der Waals surface area contributed by atoms with Crippen LogP contribution in [0.2, 0.25) is 0 Å². The Morgan fingerprint density at radius 2 is 2.21 bits per heavy atom. The van der Waals surface area contributed by atoms with E-state index in [2.05, 4.69) is 10.3 Å². The number of thiazole rings is 1. The van der Waals surface area contributed by atoms with Crippen LogP contribution in [-0.2, 0) is 17.8 Å². The van der Waals surface area contributed by atoms with Crippen LogP contribution in [0.4, 0.5) is 9.52 Å².